The Balaban J connectivity index is 2.11. The summed E-state index contributed by atoms with van der Waals surface area (Å²) in [4.78, 5) is 4.95. The molecule has 0 unspecified atom stereocenters. The van der Waals surface area contributed by atoms with Crippen LogP contribution in [-0.2, 0) is 0 Å². The molecule has 1 aromatic carbocycles. The first-order valence-electron chi connectivity index (χ1n) is 10.2. The van der Waals surface area contributed by atoms with Crippen molar-refractivity contribution >= 4 is 11.5 Å². The lowest BCUT2D eigenvalue weighted by molar-refractivity contribution is 0.302. The molecule has 0 radical (unpaired) electrons. The molecule has 0 amide bonds. The third kappa shape index (κ3) is 4.67. The van der Waals surface area contributed by atoms with E-state index < -0.39 is 0 Å². The number of imidazole rings is 1. The molecule has 3 rings (SSSR count). The SMILES string of the molecule is CCCOc1ccccc1-c1nc2ccccn2c1NC(C)(C)CC(C)(C)C. The van der Waals surface area contributed by atoms with Gasteiger partial charge in [0.25, 0.3) is 0 Å². The van der Waals surface area contributed by atoms with Crippen molar-refractivity contribution in [2.24, 2.45) is 5.41 Å². The van der Waals surface area contributed by atoms with Crippen LogP contribution in [0.1, 0.15) is 54.4 Å². The average Bonchev–Trinajstić information content (AvgIpc) is 2.96. The molecule has 4 nitrogen and oxygen atoms in total. The van der Waals surface area contributed by atoms with E-state index in [-0.39, 0.29) is 11.0 Å². The maximum atomic E-state index is 6.03. The standard InChI is InChI=1S/C24H33N3O/c1-7-16-28-19-13-9-8-12-18(19)21-22(26-24(5,6)17-23(2,3)4)27-15-11-10-14-20(27)25-21/h8-15,26H,7,16-17H2,1-6H3. The molecule has 1 N–H and O–H groups in total. The van der Waals surface area contributed by atoms with Crippen LogP contribution in [0.2, 0.25) is 0 Å². The second-order valence-corrected chi connectivity index (χ2v) is 9.33. The number of fused-ring (bicyclic) bond motifs is 1. The van der Waals surface area contributed by atoms with Gasteiger partial charge in [0, 0.05) is 17.3 Å². The summed E-state index contributed by atoms with van der Waals surface area (Å²) >= 11 is 0. The molecular weight excluding hydrogens is 346 g/mol. The van der Waals surface area contributed by atoms with Gasteiger partial charge in [-0.25, -0.2) is 4.98 Å². The molecule has 3 aromatic rings. The lowest BCUT2D eigenvalue weighted by Gasteiger charge is -2.34. The number of hydrogen-bond acceptors (Lipinski definition) is 3. The van der Waals surface area contributed by atoms with Gasteiger partial charge in [-0.05, 0) is 56.4 Å². The maximum absolute atomic E-state index is 6.03. The van der Waals surface area contributed by atoms with Gasteiger partial charge in [0.2, 0.25) is 0 Å². The van der Waals surface area contributed by atoms with Crippen molar-refractivity contribution in [3.05, 3.63) is 48.7 Å². The first-order valence-corrected chi connectivity index (χ1v) is 10.2. The number of nitrogens with zero attached hydrogens (tertiary/aromatic N) is 2. The smallest absolute Gasteiger partial charge is 0.139 e. The minimum atomic E-state index is -0.0853. The number of benzene rings is 1. The number of aromatic nitrogens is 2. The van der Waals surface area contributed by atoms with Crippen LogP contribution in [0.5, 0.6) is 5.75 Å². The molecule has 0 atom stereocenters. The molecular formula is C24H33N3O. The number of ether oxygens (including phenoxy) is 1. The number of rotatable bonds is 7. The zero-order valence-electron chi connectivity index (χ0n) is 18.0. The van der Waals surface area contributed by atoms with Gasteiger partial charge in [0.1, 0.15) is 22.9 Å². The van der Waals surface area contributed by atoms with Gasteiger partial charge in [-0.1, -0.05) is 45.9 Å². The van der Waals surface area contributed by atoms with Crippen LogP contribution in [0.4, 0.5) is 5.82 Å². The normalized spacial score (nSPS) is 12.4. The van der Waals surface area contributed by atoms with Crippen molar-refractivity contribution in [1.82, 2.24) is 9.38 Å². The van der Waals surface area contributed by atoms with Crippen LogP contribution in [-0.4, -0.2) is 21.5 Å². The fourth-order valence-electron chi connectivity index (χ4n) is 3.99. The van der Waals surface area contributed by atoms with E-state index in [0.29, 0.717) is 6.61 Å². The average molecular weight is 380 g/mol. The van der Waals surface area contributed by atoms with Crippen molar-refractivity contribution in [3.63, 3.8) is 0 Å². The zero-order chi connectivity index (χ0) is 20.4. The summed E-state index contributed by atoms with van der Waals surface area (Å²) in [5.74, 6) is 1.89. The Kier molecular flexibility index (Phi) is 5.69. The van der Waals surface area contributed by atoms with Gasteiger partial charge < -0.3 is 10.1 Å². The van der Waals surface area contributed by atoms with Crippen LogP contribution < -0.4 is 10.1 Å². The Morgan fingerprint density at radius 2 is 1.71 bits per heavy atom. The Hall–Kier alpha value is -2.49. The molecule has 0 bridgehead atoms. The van der Waals surface area contributed by atoms with Crippen LogP contribution in [0.25, 0.3) is 16.9 Å². The predicted molar refractivity (Wildman–Crippen MR) is 118 cm³/mol. The molecule has 2 aromatic heterocycles. The largest absolute Gasteiger partial charge is 0.493 e. The van der Waals surface area contributed by atoms with Gasteiger partial charge in [0.15, 0.2) is 0 Å². The number of nitrogens with one attached hydrogen (secondary N) is 1. The number of anilines is 1. The van der Waals surface area contributed by atoms with Crippen molar-refractivity contribution in [2.75, 3.05) is 11.9 Å². The second kappa shape index (κ2) is 7.86. The van der Waals surface area contributed by atoms with E-state index in [0.717, 1.165) is 41.3 Å². The Morgan fingerprint density at radius 3 is 2.43 bits per heavy atom. The molecule has 0 aliphatic carbocycles. The summed E-state index contributed by atoms with van der Waals surface area (Å²) in [6, 6.07) is 14.3. The molecule has 0 spiro atoms. The number of hydrogen-bond donors (Lipinski definition) is 1. The van der Waals surface area contributed by atoms with Crippen molar-refractivity contribution in [2.45, 2.75) is 59.9 Å². The Labute approximate surface area is 169 Å². The molecule has 0 aliphatic rings. The first kappa shape index (κ1) is 20.2. The summed E-state index contributed by atoms with van der Waals surface area (Å²) in [6.07, 6.45) is 4.08. The van der Waals surface area contributed by atoms with Crippen molar-refractivity contribution < 1.29 is 4.74 Å². The quantitative estimate of drug-likeness (QED) is 0.515. The maximum Gasteiger partial charge on any atom is 0.139 e. The van der Waals surface area contributed by atoms with E-state index in [9.17, 15) is 0 Å². The molecule has 0 fully saturated rings. The van der Waals surface area contributed by atoms with E-state index in [1.807, 2.05) is 36.4 Å². The topological polar surface area (TPSA) is 38.6 Å². The molecule has 0 aliphatic heterocycles. The third-order valence-electron chi connectivity index (χ3n) is 4.56. The monoisotopic (exact) mass is 379 g/mol. The number of para-hydroxylation sites is 1. The van der Waals surface area contributed by atoms with Crippen LogP contribution in [0.15, 0.2) is 48.7 Å². The lowest BCUT2D eigenvalue weighted by atomic mass is 9.82. The lowest BCUT2D eigenvalue weighted by Crippen LogP contribution is -2.36. The van der Waals surface area contributed by atoms with Crippen molar-refractivity contribution in [1.29, 1.82) is 0 Å². The molecule has 28 heavy (non-hydrogen) atoms. The van der Waals surface area contributed by atoms with E-state index in [1.54, 1.807) is 0 Å². The van der Waals surface area contributed by atoms with Crippen LogP contribution >= 0.6 is 0 Å². The fourth-order valence-corrected chi connectivity index (χ4v) is 3.99. The molecule has 4 heteroatoms. The van der Waals surface area contributed by atoms with Gasteiger partial charge in [-0.3, -0.25) is 4.40 Å². The molecule has 150 valence electrons. The zero-order valence-corrected chi connectivity index (χ0v) is 18.0. The third-order valence-corrected chi connectivity index (χ3v) is 4.56. The highest BCUT2D eigenvalue weighted by Gasteiger charge is 2.28. The van der Waals surface area contributed by atoms with Crippen molar-refractivity contribution in [3.8, 4) is 17.0 Å². The van der Waals surface area contributed by atoms with Crippen LogP contribution in [0, 0.1) is 5.41 Å². The minimum Gasteiger partial charge on any atom is -0.493 e. The van der Waals surface area contributed by atoms with Gasteiger partial charge in [-0.2, -0.15) is 0 Å². The molecule has 0 saturated heterocycles. The summed E-state index contributed by atoms with van der Waals surface area (Å²) < 4.78 is 8.16. The fraction of sp³-hybridized carbons (Fsp3) is 0.458. The predicted octanol–water partition coefficient (Wildman–Crippen LogP) is 6.42. The summed E-state index contributed by atoms with van der Waals surface area (Å²) in [6.45, 7) is 14.2. The minimum absolute atomic E-state index is 0.0853. The highest BCUT2D eigenvalue weighted by atomic mass is 16.5. The second-order valence-electron chi connectivity index (χ2n) is 9.33. The van der Waals surface area contributed by atoms with E-state index in [1.165, 1.54) is 0 Å². The van der Waals surface area contributed by atoms with Crippen LogP contribution in [0.3, 0.4) is 0 Å². The Morgan fingerprint density at radius 1 is 1.00 bits per heavy atom. The Bertz CT molecular complexity index is 934. The molecule has 2 heterocycles. The van der Waals surface area contributed by atoms with E-state index >= 15 is 0 Å². The summed E-state index contributed by atoms with van der Waals surface area (Å²) in [5, 5.41) is 3.79. The molecule has 0 saturated carbocycles. The highest BCUT2D eigenvalue weighted by molar-refractivity contribution is 5.80. The van der Waals surface area contributed by atoms with Gasteiger partial charge >= 0.3 is 0 Å². The van der Waals surface area contributed by atoms with E-state index in [2.05, 4.69) is 63.5 Å². The highest BCUT2D eigenvalue weighted by Crippen LogP contribution is 2.38. The summed E-state index contributed by atoms with van der Waals surface area (Å²) in [5.41, 5.74) is 3.02. The number of pyridine rings is 1. The first-order chi connectivity index (χ1) is 13.2. The summed E-state index contributed by atoms with van der Waals surface area (Å²) in [7, 11) is 0. The van der Waals surface area contributed by atoms with E-state index in [4.69, 9.17) is 9.72 Å². The van der Waals surface area contributed by atoms with Gasteiger partial charge in [0.05, 0.1) is 6.61 Å². The van der Waals surface area contributed by atoms with Gasteiger partial charge in [-0.15, -0.1) is 0 Å².